The van der Waals surface area contributed by atoms with Gasteiger partial charge in [-0.05, 0) is 27.2 Å². The van der Waals surface area contributed by atoms with Gasteiger partial charge in [0.05, 0.1) is 4.87 Å². The Balaban J connectivity index is 1.93. The van der Waals surface area contributed by atoms with Crippen LogP contribution in [0.15, 0.2) is 0 Å². The van der Waals surface area contributed by atoms with Gasteiger partial charge in [-0.3, -0.25) is 14.9 Å². The van der Waals surface area contributed by atoms with Crippen LogP contribution >= 0.6 is 11.8 Å². The van der Waals surface area contributed by atoms with Gasteiger partial charge in [-0.15, -0.1) is 11.8 Å². The second-order valence-corrected chi connectivity index (χ2v) is 7.19. The minimum Gasteiger partial charge on any atom is -0.451 e. The average molecular weight is 343 g/mol. The lowest BCUT2D eigenvalue weighted by molar-refractivity contribution is -0.161. The molecule has 2 aliphatic heterocycles. The van der Waals surface area contributed by atoms with Crippen molar-refractivity contribution >= 4 is 35.6 Å². The van der Waals surface area contributed by atoms with Crippen LogP contribution in [0.1, 0.15) is 33.6 Å². The molecule has 2 saturated heterocycles. The number of amides is 4. The first kappa shape index (κ1) is 17.6. The molecule has 0 unspecified atom stereocenters. The van der Waals surface area contributed by atoms with E-state index in [1.54, 1.807) is 23.6 Å². The molecule has 128 valence electrons. The van der Waals surface area contributed by atoms with Gasteiger partial charge < -0.3 is 15.0 Å². The molecule has 2 aliphatic rings. The van der Waals surface area contributed by atoms with Crippen molar-refractivity contribution in [3.63, 3.8) is 0 Å². The van der Waals surface area contributed by atoms with E-state index in [4.69, 9.17) is 4.74 Å². The molecule has 0 spiro atoms. The smallest absolute Gasteiger partial charge is 0.330 e. The highest BCUT2D eigenvalue weighted by Gasteiger charge is 2.53. The molecule has 2 heterocycles. The number of nitrogens with one attached hydrogen (secondary N) is 2. The quantitative estimate of drug-likeness (QED) is 0.708. The summed E-state index contributed by atoms with van der Waals surface area (Å²) in [5.74, 6) is -0.939. The Hall–Kier alpha value is -1.77. The van der Waals surface area contributed by atoms with Gasteiger partial charge in [-0.2, -0.15) is 0 Å². The Kier molecular flexibility index (Phi) is 5.18. The molecule has 2 N–H and O–H groups in total. The molecule has 3 atom stereocenters. The molecule has 0 aromatic heterocycles. The van der Waals surface area contributed by atoms with Crippen LogP contribution in [-0.4, -0.2) is 58.0 Å². The number of hydrogen-bond donors (Lipinski definition) is 2. The van der Waals surface area contributed by atoms with Crippen LogP contribution in [0, 0.1) is 0 Å². The normalized spacial score (nSPS) is 27.3. The highest BCUT2D eigenvalue weighted by molar-refractivity contribution is 8.01. The number of rotatable bonds is 4. The predicted molar refractivity (Wildman–Crippen MR) is 83.5 cm³/mol. The standard InChI is InChI=1S/C14H21N3O5S/c1-4-15-13(21)16-11(19)8(2)22-12(20)9-7-23-14(3)6-5-10(18)17(9)14/h8-9H,4-7H2,1-3H3,(H2,15,16,19,21)/t8-,9-,14-/m0/s1. The van der Waals surface area contributed by atoms with Gasteiger partial charge in [0.15, 0.2) is 6.10 Å². The molecule has 0 saturated carbocycles. The Morgan fingerprint density at radius 3 is 2.83 bits per heavy atom. The molecular formula is C14H21N3O5S. The van der Waals surface area contributed by atoms with Crippen LogP contribution < -0.4 is 10.6 Å². The zero-order valence-electron chi connectivity index (χ0n) is 13.4. The van der Waals surface area contributed by atoms with E-state index in [9.17, 15) is 19.2 Å². The SMILES string of the molecule is CCNC(=O)NC(=O)[C@H](C)OC(=O)[C@@H]1CS[C@@]2(C)CCC(=O)N12. The number of carbonyl (C=O) groups excluding carboxylic acids is 4. The summed E-state index contributed by atoms with van der Waals surface area (Å²) in [5.41, 5.74) is 0. The second-order valence-electron chi connectivity index (χ2n) is 5.69. The van der Waals surface area contributed by atoms with Crippen molar-refractivity contribution in [1.82, 2.24) is 15.5 Å². The predicted octanol–water partition coefficient (Wildman–Crippen LogP) is 0.218. The lowest BCUT2D eigenvalue weighted by Crippen LogP contribution is -2.49. The molecule has 0 bridgehead atoms. The topological polar surface area (TPSA) is 105 Å². The Morgan fingerprint density at radius 2 is 2.17 bits per heavy atom. The van der Waals surface area contributed by atoms with Crippen molar-refractivity contribution in [3.8, 4) is 0 Å². The molecule has 9 heteroatoms. The van der Waals surface area contributed by atoms with Gasteiger partial charge in [0.1, 0.15) is 6.04 Å². The van der Waals surface area contributed by atoms with Crippen LogP contribution in [0.4, 0.5) is 4.79 Å². The summed E-state index contributed by atoms with van der Waals surface area (Å²) in [4.78, 5) is 48.6. The molecule has 2 rings (SSSR count). The molecule has 0 aliphatic carbocycles. The van der Waals surface area contributed by atoms with E-state index in [-0.39, 0.29) is 10.8 Å². The monoisotopic (exact) mass is 343 g/mol. The first-order valence-electron chi connectivity index (χ1n) is 7.54. The number of fused-ring (bicyclic) bond motifs is 1. The van der Waals surface area contributed by atoms with Gasteiger partial charge in [0.2, 0.25) is 5.91 Å². The molecule has 2 fully saturated rings. The number of hydrogen-bond acceptors (Lipinski definition) is 6. The third-order valence-corrected chi connectivity index (χ3v) is 5.46. The summed E-state index contributed by atoms with van der Waals surface area (Å²) >= 11 is 1.55. The lowest BCUT2D eigenvalue weighted by atomic mass is 10.2. The molecule has 8 nitrogen and oxygen atoms in total. The molecule has 0 aromatic rings. The van der Waals surface area contributed by atoms with Crippen molar-refractivity contribution in [2.75, 3.05) is 12.3 Å². The number of imide groups is 1. The van der Waals surface area contributed by atoms with Crippen molar-refractivity contribution in [2.45, 2.75) is 50.6 Å². The molecular weight excluding hydrogens is 322 g/mol. The third-order valence-electron chi connectivity index (χ3n) is 3.95. The van der Waals surface area contributed by atoms with Gasteiger partial charge in [-0.1, -0.05) is 0 Å². The first-order chi connectivity index (χ1) is 10.8. The van der Waals surface area contributed by atoms with E-state index in [2.05, 4.69) is 10.6 Å². The average Bonchev–Trinajstić information content (AvgIpc) is 2.96. The van der Waals surface area contributed by atoms with Crippen LogP contribution in [-0.2, 0) is 19.1 Å². The number of nitrogens with zero attached hydrogens (tertiary/aromatic N) is 1. The van der Waals surface area contributed by atoms with Crippen LogP contribution in [0.25, 0.3) is 0 Å². The number of ether oxygens (including phenoxy) is 1. The van der Waals surface area contributed by atoms with Gasteiger partial charge in [0.25, 0.3) is 5.91 Å². The fourth-order valence-electron chi connectivity index (χ4n) is 2.72. The minimum absolute atomic E-state index is 0.0705. The van der Waals surface area contributed by atoms with Crippen LogP contribution in [0.5, 0.6) is 0 Å². The number of urea groups is 1. The summed E-state index contributed by atoms with van der Waals surface area (Å²) < 4.78 is 5.14. The van der Waals surface area contributed by atoms with Gasteiger partial charge >= 0.3 is 12.0 Å². The fourth-order valence-corrected chi connectivity index (χ4v) is 4.14. The van der Waals surface area contributed by atoms with Gasteiger partial charge in [0, 0.05) is 18.7 Å². The molecule has 4 amide bonds. The largest absolute Gasteiger partial charge is 0.451 e. The first-order valence-corrected chi connectivity index (χ1v) is 8.52. The highest BCUT2D eigenvalue weighted by Crippen LogP contribution is 2.47. The number of carbonyl (C=O) groups is 4. The maximum absolute atomic E-state index is 12.3. The number of thioether (sulfide) groups is 1. The van der Waals surface area contributed by atoms with Crippen molar-refractivity contribution < 1.29 is 23.9 Å². The van der Waals surface area contributed by atoms with Crippen molar-refractivity contribution in [1.29, 1.82) is 0 Å². The lowest BCUT2D eigenvalue weighted by Gasteiger charge is -2.29. The zero-order chi connectivity index (χ0) is 17.2. The van der Waals surface area contributed by atoms with E-state index in [1.165, 1.54) is 6.92 Å². The molecule has 23 heavy (non-hydrogen) atoms. The highest BCUT2D eigenvalue weighted by atomic mass is 32.2. The van der Waals surface area contributed by atoms with Crippen LogP contribution in [0.2, 0.25) is 0 Å². The summed E-state index contributed by atoms with van der Waals surface area (Å²) in [5, 5.41) is 4.50. The fraction of sp³-hybridized carbons (Fsp3) is 0.714. The second kappa shape index (κ2) is 6.77. The Bertz CT molecular complexity index is 541. The zero-order valence-corrected chi connectivity index (χ0v) is 14.2. The third kappa shape index (κ3) is 3.60. The van der Waals surface area contributed by atoms with E-state index >= 15 is 0 Å². The van der Waals surface area contributed by atoms with Crippen molar-refractivity contribution in [3.05, 3.63) is 0 Å². The van der Waals surface area contributed by atoms with E-state index in [1.807, 2.05) is 6.92 Å². The Morgan fingerprint density at radius 1 is 1.48 bits per heavy atom. The van der Waals surface area contributed by atoms with Crippen molar-refractivity contribution in [2.24, 2.45) is 0 Å². The van der Waals surface area contributed by atoms with E-state index < -0.39 is 30.1 Å². The molecule has 0 radical (unpaired) electrons. The molecule has 0 aromatic carbocycles. The summed E-state index contributed by atoms with van der Waals surface area (Å²) in [6.07, 6.45) is 0.00765. The summed E-state index contributed by atoms with van der Waals surface area (Å²) in [7, 11) is 0. The summed E-state index contributed by atoms with van der Waals surface area (Å²) in [6, 6.07) is -1.32. The minimum atomic E-state index is -1.11. The van der Waals surface area contributed by atoms with Crippen LogP contribution in [0.3, 0.4) is 0 Å². The van der Waals surface area contributed by atoms with Gasteiger partial charge in [-0.25, -0.2) is 9.59 Å². The maximum atomic E-state index is 12.3. The Labute approximate surface area is 138 Å². The summed E-state index contributed by atoms with van der Waals surface area (Å²) in [6.45, 7) is 5.41. The van der Waals surface area contributed by atoms with E-state index in [0.717, 1.165) is 0 Å². The maximum Gasteiger partial charge on any atom is 0.330 e. The number of esters is 1. The van der Waals surface area contributed by atoms with E-state index in [0.29, 0.717) is 25.1 Å².